The zero-order chi connectivity index (χ0) is 15.0. The lowest BCUT2D eigenvalue weighted by Crippen LogP contribution is -2.25. The lowest BCUT2D eigenvalue weighted by Gasteiger charge is -2.08. The van der Waals surface area contributed by atoms with Gasteiger partial charge in [-0.25, -0.2) is 13.1 Å². The summed E-state index contributed by atoms with van der Waals surface area (Å²) in [5.74, 6) is 5.81. The Morgan fingerprint density at radius 3 is 2.45 bits per heavy atom. The molecule has 0 unspecified atom stereocenters. The minimum atomic E-state index is -3.44. The highest BCUT2D eigenvalue weighted by Crippen LogP contribution is 2.10. The topological polar surface area (TPSA) is 66.4 Å². The summed E-state index contributed by atoms with van der Waals surface area (Å²) in [7, 11) is -3.44. The highest BCUT2D eigenvalue weighted by atomic mass is 32.2. The van der Waals surface area contributed by atoms with Crippen LogP contribution in [0, 0.1) is 17.8 Å². The fourth-order valence-electron chi connectivity index (χ4n) is 1.66. The van der Waals surface area contributed by atoms with Gasteiger partial charge in [0, 0.05) is 12.1 Å². The quantitative estimate of drug-likeness (QED) is 0.620. The van der Waals surface area contributed by atoms with E-state index in [9.17, 15) is 8.42 Å². The van der Waals surface area contributed by atoms with Crippen LogP contribution in [0.5, 0.6) is 0 Å². The number of rotatable bonds is 6. The second-order valence-electron chi connectivity index (χ2n) is 4.92. The predicted octanol–water partition coefficient (Wildman–Crippen LogP) is 1.74. The van der Waals surface area contributed by atoms with Crippen molar-refractivity contribution in [2.24, 2.45) is 5.92 Å². The van der Waals surface area contributed by atoms with Crippen LogP contribution in [0.4, 0.5) is 0 Å². The van der Waals surface area contributed by atoms with E-state index in [-0.39, 0.29) is 11.5 Å². The summed E-state index contributed by atoms with van der Waals surface area (Å²) < 4.78 is 26.6. The van der Waals surface area contributed by atoms with Crippen molar-refractivity contribution >= 4 is 10.0 Å². The van der Waals surface area contributed by atoms with Crippen molar-refractivity contribution < 1.29 is 13.5 Å². The van der Waals surface area contributed by atoms with Crippen LogP contribution in [0.15, 0.2) is 29.2 Å². The molecule has 0 saturated heterocycles. The summed E-state index contributed by atoms with van der Waals surface area (Å²) in [6, 6.07) is 6.30. The zero-order valence-corrected chi connectivity index (χ0v) is 12.7. The number of aliphatic hydroxyl groups excluding tert-OH is 1. The fourth-order valence-corrected chi connectivity index (χ4v) is 2.73. The van der Waals surface area contributed by atoms with E-state index >= 15 is 0 Å². The molecule has 1 aromatic rings. The van der Waals surface area contributed by atoms with Gasteiger partial charge in [-0.2, -0.15) is 0 Å². The molecule has 1 aromatic carbocycles. The molecule has 0 bridgehead atoms. The average molecular weight is 295 g/mol. The molecule has 0 radical (unpaired) electrons. The molecule has 0 heterocycles. The Morgan fingerprint density at radius 2 is 1.90 bits per heavy atom. The van der Waals surface area contributed by atoms with Crippen molar-refractivity contribution in [2.75, 3.05) is 13.2 Å². The third-order valence-corrected chi connectivity index (χ3v) is 4.20. The Hall–Kier alpha value is -1.35. The number of benzene rings is 1. The molecule has 20 heavy (non-hydrogen) atoms. The standard InChI is InChI=1S/C15H21NO3S/c1-13(2)5-3-11-16-20(18,19)15-9-7-14(8-10-15)6-4-12-17/h7-10,13,16-17H,3,5,11-12H2,1-2H3. The van der Waals surface area contributed by atoms with Crippen LogP contribution in [0.1, 0.15) is 32.3 Å². The largest absolute Gasteiger partial charge is 0.384 e. The van der Waals surface area contributed by atoms with Crippen molar-refractivity contribution in [3.05, 3.63) is 29.8 Å². The van der Waals surface area contributed by atoms with E-state index in [1.807, 2.05) is 0 Å². The van der Waals surface area contributed by atoms with Gasteiger partial charge in [0.1, 0.15) is 6.61 Å². The maximum absolute atomic E-state index is 12.0. The van der Waals surface area contributed by atoms with Gasteiger partial charge in [-0.1, -0.05) is 25.7 Å². The van der Waals surface area contributed by atoms with E-state index in [1.54, 1.807) is 12.1 Å². The zero-order valence-electron chi connectivity index (χ0n) is 11.9. The molecule has 0 saturated carbocycles. The molecule has 110 valence electrons. The van der Waals surface area contributed by atoms with Gasteiger partial charge in [-0.15, -0.1) is 0 Å². The summed E-state index contributed by atoms with van der Waals surface area (Å²) in [4.78, 5) is 0.233. The molecule has 1 rings (SSSR count). The third-order valence-electron chi connectivity index (χ3n) is 2.73. The summed E-state index contributed by atoms with van der Waals surface area (Å²) in [6.45, 7) is 4.46. The van der Waals surface area contributed by atoms with Crippen molar-refractivity contribution in [3.8, 4) is 11.8 Å². The first-order valence-electron chi connectivity index (χ1n) is 6.65. The summed E-state index contributed by atoms with van der Waals surface area (Å²) in [5.41, 5.74) is 0.679. The second-order valence-corrected chi connectivity index (χ2v) is 6.69. The molecule has 0 atom stereocenters. The monoisotopic (exact) mass is 295 g/mol. The summed E-state index contributed by atoms with van der Waals surface area (Å²) in [5, 5.41) is 8.59. The number of aliphatic hydroxyl groups is 1. The van der Waals surface area contributed by atoms with Gasteiger partial charge in [0.2, 0.25) is 10.0 Å². The number of nitrogens with one attached hydrogen (secondary N) is 1. The lowest BCUT2D eigenvalue weighted by molar-refractivity contribution is 0.350. The van der Waals surface area contributed by atoms with E-state index in [4.69, 9.17) is 5.11 Å². The Labute approximate surface area is 121 Å². The molecule has 0 aromatic heterocycles. The Morgan fingerprint density at radius 1 is 1.25 bits per heavy atom. The summed E-state index contributed by atoms with van der Waals surface area (Å²) >= 11 is 0. The number of sulfonamides is 1. The molecule has 0 aliphatic rings. The Kier molecular flexibility index (Phi) is 6.73. The van der Waals surface area contributed by atoms with Crippen molar-refractivity contribution in [1.29, 1.82) is 0 Å². The average Bonchev–Trinajstić information content (AvgIpc) is 2.42. The van der Waals surface area contributed by atoms with Crippen LogP contribution < -0.4 is 4.72 Å². The van der Waals surface area contributed by atoms with Gasteiger partial charge in [0.15, 0.2) is 0 Å². The van der Waals surface area contributed by atoms with Crippen LogP contribution in [0.3, 0.4) is 0 Å². The molecule has 0 spiro atoms. The van der Waals surface area contributed by atoms with Gasteiger partial charge in [0.05, 0.1) is 4.90 Å². The van der Waals surface area contributed by atoms with Crippen LogP contribution >= 0.6 is 0 Å². The highest BCUT2D eigenvalue weighted by Gasteiger charge is 2.12. The number of hydrogen-bond acceptors (Lipinski definition) is 3. The van der Waals surface area contributed by atoms with Crippen molar-refractivity contribution in [1.82, 2.24) is 4.72 Å². The minimum absolute atomic E-state index is 0.211. The molecule has 4 nitrogen and oxygen atoms in total. The predicted molar refractivity (Wildman–Crippen MR) is 79.7 cm³/mol. The molecule has 0 aliphatic carbocycles. The normalized spacial score (nSPS) is 11.2. The van der Waals surface area contributed by atoms with E-state index < -0.39 is 10.0 Å². The minimum Gasteiger partial charge on any atom is -0.384 e. The van der Waals surface area contributed by atoms with Crippen LogP contribution in [-0.2, 0) is 10.0 Å². The first-order chi connectivity index (χ1) is 9.45. The molecule has 2 N–H and O–H groups in total. The Balaban J connectivity index is 2.63. The van der Waals surface area contributed by atoms with E-state index in [2.05, 4.69) is 30.4 Å². The van der Waals surface area contributed by atoms with Crippen LogP contribution in [0.25, 0.3) is 0 Å². The fraction of sp³-hybridized carbons (Fsp3) is 0.467. The maximum Gasteiger partial charge on any atom is 0.240 e. The number of hydrogen-bond donors (Lipinski definition) is 2. The van der Waals surface area contributed by atoms with Crippen LogP contribution in [-0.4, -0.2) is 26.7 Å². The SMILES string of the molecule is CC(C)CCCNS(=O)(=O)c1ccc(C#CCO)cc1. The van der Waals surface area contributed by atoms with Gasteiger partial charge < -0.3 is 5.11 Å². The molecule has 5 heteroatoms. The first kappa shape index (κ1) is 16.7. The highest BCUT2D eigenvalue weighted by molar-refractivity contribution is 7.89. The van der Waals surface area contributed by atoms with E-state index in [0.717, 1.165) is 12.8 Å². The smallest absolute Gasteiger partial charge is 0.240 e. The molecule has 0 amide bonds. The van der Waals surface area contributed by atoms with Crippen molar-refractivity contribution in [2.45, 2.75) is 31.6 Å². The summed E-state index contributed by atoms with van der Waals surface area (Å²) in [6.07, 6.45) is 1.83. The van der Waals surface area contributed by atoms with E-state index in [0.29, 0.717) is 18.0 Å². The van der Waals surface area contributed by atoms with Crippen LogP contribution in [0.2, 0.25) is 0 Å². The van der Waals surface area contributed by atoms with Gasteiger partial charge in [-0.05, 0) is 43.0 Å². The lowest BCUT2D eigenvalue weighted by atomic mass is 10.1. The Bertz CT molecular complexity index is 565. The van der Waals surface area contributed by atoms with Gasteiger partial charge in [0.25, 0.3) is 0 Å². The van der Waals surface area contributed by atoms with Crippen molar-refractivity contribution in [3.63, 3.8) is 0 Å². The maximum atomic E-state index is 12.0. The van der Waals surface area contributed by atoms with Gasteiger partial charge in [-0.3, -0.25) is 0 Å². The molecule has 0 fully saturated rings. The second kappa shape index (κ2) is 8.05. The van der Waals surface area contributed by atoms with E-state index in [1.165, 1.54) is 12.1 Å². The molecular formula is C15H21NO3S. The third kappa shape index (κ3) is 5.74. The first-order valence-corrected chi connectivity index (χ1v) is 8.13. The molecule has 0 aliphatic heterocycles. The van der Waals surface area contributed by atoms with Gasteiger partial charge >= 0.3 is 0 Å². The molecular weight excluding hydrogens is 274 g/mol.